The van der Waals surface area contributed by atoms with Crippen molar-refractivity contribution < 1.29 is 9.13 Å². The zero-order valence-corrected chi connectivity index (χ0v) is 11.0. The van der Waals surface area contributed by atoms with Crippen molar-refractivity contribution >= 4 is 23.3 Å². The van der Waals surface area contributed by atoms with Gasteiger partial charge in [-0.05, 0) is 50.2 Å². The van der Waals surface area contributed by atoms with E-state index < -0.39 is 0 Å². The van der Waals surface area contributed by atoms with Crippen LogP contribution in [0.5, 0.6) is 0 Å². The molecule has 1 unspecified atom stereocenters. The standard InChI is InChI=1S/C13H15FN2OS/c1-13(5-2-6-17-13)8-16-11-4-3-9(14)7-10(11)15-12(16)18/h3-4,7H,2,5-6,8H2,1H3,(H,15,18). The number of nitrogens with one attached hydrogen (secondary N) is 1. The number of hydrogen-bond donors (Lipinski definition) is 1. The lowest BCUT2D eigenvalue weighted by molar-refractivity contribution is 0.00679. The molecule has 1 N–H and O–H groups in total. The molecule has 2 heterocycles. The maximum absolute atomic E-state index is 13.2. The quantitative estimate of drug-likeness (QED) is 0.844. The largest absolute Gasteiger partial charge is 0.373 e. The highest BCUT2D eigenvalue weighted by atomic mass is 32.1. The molecule has 1 aliphatic heterocycles. The van der Waals surface area contributed by atoms with E-state index in [1.165, 1.54) is 12.1 Å². The summed E-state index contributed by atoms with van der Waals surface area (Å²) in [6.07, 6.45) is 2.11. The van der Waals surface area contributed by atoms with E-state index in [4.69, 9.17) is 17.0 Å². The molecule has 3 rings (SSSR count). The van der Waals surface area contributed by atoms with Gasteiger partial charge in [-0.25, -0.2) is 4.39 Å². The molecule has 5 heteroatoms. The maximum Gasteiger partial charge on any atom is 0.178 e. The molecular weight excluding hydrogens is 251 g/mol. The Kier molecular flexibility index (Phi) is 2.75. The molecule has 1 saturated heterocycles. The first-order valence-electron chi connectivity index (χ1n) is 6.09. The van der Waals surface area contributed by atoms with Crippen molar-refractivity contribution in [1.82, 2.24) is 9.55 Å². The summed E-state index contributed by atoms with van der Waals surface area (Å²) in [5.41, 5.74) is 1.50. The molecule has 18 heavy (non-hydrogen) atoms. The van der Waals surface area contributed by atoms with Gasteiger partial charge in [0.25, 0.3) is 0 Å². The Morgan fingerprint density at radius 1 is 1.56 bits per heavy atom. The number of H-pyrrole nitrogens is 1. The Balaban J connectivity index is 2.06. The molecule has 1 aliphatic rings. The Hall–Kier alpha value is -1.20. The third kappa shape index (κ3) is 1.97. The Bertz CT molecular complexity index is 640. The fraction of sp³-hybridized carbons (Fsp3) is 0.462. The van der Waals surface area contributed by atoms with Gasteiger partial charge in [0, 0.05) is 6.61 Å². The van der Waals surface area contributed by atoms with Gasteiger partial charge < -0.3 is 14.3 Å². The molecule has 1 aromatic heterocycles. The molecule has 0 saturated carbocycles. The third-order valence-corrected chi connectivity index (χ3v) is 3.85. The minimum atomic E-state index is -0.255. The number of halogens is 1. The molecule has 0 amide bonds. The molecule has 1 aromatic carbocycles. The van der Waals surface area contributed by atoms with Crippen molar-refractivity contribution in [2.24, 2.45) is 0 Å². The zero-order chi connectivity index (χ0) is 12.8. The van der Waals surface area contributed by atoms with Crippen LogP contribution in [0.15, 0.2) is 18.2 Å². The van der Waals surface area contributed by atoms with Crippen molar-refractivity contribution in [3.05, 3.63) is 28.8 Å². The molecular formula is C13H15FN2OS. The average Bonchev–Trinajstić information content (AvgIpc) is 2.85. The summed E-state index contributed by atoms with van der Waals surface area (Å²) in [7, 11) is 0. The minimum absolute atomic E-state index is 0.165. The van der Waals surface area contributed by atoms with Crippen molar-refractivity contribution in [2.45, 2.75) is 31.9 Å². The number of fused-ring (bicyclic) bond motifs is 1. The number of nitrogens with zero attached hydrogens (tertiary/aromatic N) is 1. The second kappa shape index (κ2) is 4.17. The predicted octanol–water partition coefficient (Wildman–Crippen LogP) is 3.41. The zero-order valence-electron chi connectivity index (χ0n) is 10.2. The van der Waals surface area contributed by atoms with Crippen LogP contribution in [0.2, 0.25) is 0 Å². The van der Waals surface area contributed by atoms with Crippen LogP contribution in [-0.4, -0.2) is 21.8 Å². The van der Waals surface area contributed by atoms with Crippen molar-refractivity contribution in [3.8, 4) is 0 Å². The van der Waals surface area contributed by atoms with E-state index in [1.54, 1.807) is 6.07 Å². The fourth-order valence-corrected chi connectivity index (χ4v) is 2.86. The predicted molar refractivity (Wildman–Crippen MR) is 70.7 cm³/mol. The van der Waals surface area contributed by atoms with Gasteiger partial charge >= 0.3 is 0 Å². The van der Waals surface area contributed by atoms with Gasteiger partial charge in [0.05, 0.1) is 23.2 Å². The first-order chi connectivity index (χ1) is 8.57. The number of benzene rings is 1. The number of rotatable bonds is 2. The van der Waals surface area contributed by atoms with Crippen LogP contribution in [0, 0.1) is 10.6 Å². The maximum atomic E-state index is 13.2. The Morgan fingerprint density at radius 2 is 2.39 bits per heavy atom. The number of hydrogen-bond acceptors (Lipinski definition) is 2. The van der Waals surface area contributed by atoms with E-state index in [2.05, 4.69) is 11.9 Å². The monoisotopic (exact) mass is 266 g/mol. The van der Waals surface area contributed by atoms with Gasteiger partial charge in [-0.15, -0.1) is 0 Å². The van der Waals surface area contributed by atoms with Crippen LogP contribution in [-0.2, 0) is 11.3 Å². The van der Waals surface area contributed by atoms with Crippen LogP contribution < -0.4 is 0 Å². The third-order valence-electron chi connectivity index (χ3n) is 3.53. The molecule has 2 aromatic rings. The molecule has 0 radical (unpaired) electrons. The Morgan fingerprint density at radius 3 is 3.11 bits per heavy atom. The Labute approximate surface area is 110 Å². The van der Waals surface area contributed by atoms with Gasteiger partial charge in [-0.2, -0.15) is 0 Å². The van der Waals surface area contributed by atoms with Crippen LogP contribution >= 0.6 is 12.2 Å². The summed E-state index contributed by atoms with van der Waals surface area (Å²) in [6, 6.07) is 4.69. The van der Waals surface area contributed by atoms with Crippen LogP contribution in [0.3, 0.4) is 0 Å². The molecule has 96 valence electrons. The van der Waals surface area contributed by atoms with Gasteiger partial charge in [0.1, 0.15) is 5.82 Å². The number of ether oxygens (including phenoxy) is 1. The smallest absolute Gasteiger partial charge is 0.178 e. The highest BCUT2D eigenvalue weighted by molar-refractivity contribution is 7.71. The second-order valence-corrected chi connectivity index (χ2v) is 5.47. The van der Waals surface area contributed by atoms with E-state index in [1.807, 2.05) is 4.57 Å². The summed E-state index contributed by atoms with van der Waals surface area (Å²) in [5.74, 6) is -0.255. The lowest BCUT2D eigenvalue weighted by Crippen LogP contribution is -2.29. The van der Waals surface area contributed by atoms with Gasteiger partial charge in [-0.1, -0.05) is 0 Å². The van der Waals surface area contributed by atoms with Crippen LogP contribution in [0.1, 0.15) is 19.8 Å². The summed E-state index contributed by atoms with van der Waals surface area (Å²) >= 11 is 5.31. The highest BCUT2D eigenvalue weighted by Crippen LogP contribution is 2.28. The summed E-state index contributed by atoms with van der Waals surface area (Å²) in [5, 5.41) is 0. The van der Waals surface area contributed by atoms with Gasteiger partial charge in [-0.3, -0.25) is 0 Å². The van der Waals surface area contributed by atoms with E-state index in [9.17, 15) is 4.39 Å². The summed E-state index contributed by atoms with van der Waals surface area (Å²) < 4.78 is 21.6. The number of aromatic amines is 1. The van der Waals surface area contributed by atoms with Gasteiger partial charge in [0.2, 0.25) is 0 Å². The molecule has 0 bridgehead atoms. The second-order valence-electron chi connectivity index (χ2n) is 5.08. The first-order valence-corrected chi connectivity index (χ1v) is 6.50. The molecule has 1 fully saturated rings. The lowest BCUT2D eigenvalue weighted by atomic mass is 10.0. The van der Waals surface area contributed by atoms with E-state index in [0.717, 1.165) is 30.5 Å². The number of aromatic nitrogens is 2. The molecule has 0 aliphatic carbocycles. The van der Waals surface area contributed by atoms with E-state index in [-0.39, 0.29) is 11.4 Å². The van der Waals surface area contributed by atoms with Crippen molar-refractivity contribution in [1.29, 1.82) is 0 Å². The minimum Gasteiger partial charge on any atom is -0.373 e. The number of imidazole rings is 1. The van der Waals surface area contributed by atoms with Crippen molar-refractivity contribution in [3.63, 3.8) is 0 Å². The average molecular weight is 266 g/mol. The highest BCUT2D eigenvalue weighted by Gasteiger charge is 2.30. The fourth-order valence-electron chi connectivity index (χ4n) is 2.59. The topological polar surface area (TPSA) is 29.9 Å². The lowest BCUT2D eigenvalue weighted by Gasteiger charge is -2.23. The normalized spacial score (nSPS) is 23.9. The molecule has 3 nitrogen and oxygen atoms in total. The first kappa shape index (κ1) is 11.9. The van der Waals surface area contributed by atoms with Gasteiger partial charge in [0.15, 0.2) is 4.77 Å². The van der Waals surface area contributed by atoms with Crippen LogP contribution in [0.4, 0.5) is 4.39 Å². The van der Waals surface area contributed by atoms with Crippen molar-refractivity contribution in [2.75, 3.05) is 6.61 Å². The van der Waals surface area contributed by atoms with Crippen LogP contribution in [0.25, 0.3) is 11.0 Å². The SMILES string of the molecule is CC1(Cn2c(=S)[nH]c3cc(F)ccc32)CCCO1. The van der Waals surface area contributed by atoms with E-state index >= 15 is 0 Å². The molecule has 0 spiro atoms. The van der Waals surface area contributed by atoms with E-state index in [0.29, 0.717) is 11.3 Å². The summed E-state index contributed by atoms with van der Waals surface area (Å²) in [4.78, 5) is 3.04. The molecule has 1 atom stereocenters. The summed E-state index contributed by atoms with van der Waals surface area (Å²) in [6.45, 7) is 3.61.